The largest absolute Gasteiger partial charge is 0.476 e. The molecule has 0 aliphatic heterocycles. The minimum atomic E-state index is -4.41. The Balaban J connectivity index is 2.38. The number of halogens is 3. The maximum absolute atomic E-state index is 12.0. The molecule has 96 valence electrons. The molecule has 0 aliphatic rings. The average molecular weight is 253 g/mol. The van der Waals surface area contributed by atoms with Crippen molar-refractivity contribution in [3.05, 3.63) is 11.9 Å². The third-order valence-corrected chi connectivity index (χ3v) is 1.91. The Labute approximate surface area is 94.0 Å². The monoisotopic (exact) mass is 253 g/mol. The number of alkyl halides is 3. The molecule has 0 saturated carbocycles. The molecule has 1 unspecified atom stereocenters. The van der Waals surface area contributed by atoms with Crippen LogP contribution >= 0.6 is 0 Å². The van der Waals surface area contributed by atoms with Crippen LogP contribution in [0.5, 0.6) is 0 Å². The molecule has 1 heterocycles. The molecule has 1 N–H and O–H groups in total. The van der Waals surface area contributed by atoms with Gasteiger partial charge >= 0.3 is 12.1 Å². The van der Waals surface area contributed by atoms with Crippen LogP contribution < -0.4 is 0 Å². The maximum Gasteiger partial charge on any atom is 0.414 e. The van der Waals surface area contributed by atoms with Crippen molar-refractivity contribution >= 4 is 5.97 Å². The summed E-state index contributed by atoms with van der Waals surface area (Å²) >= 11 is 0. The molecular formula is C8H10F3N3O3. The lowest BCUT2D eigenvalue weighted by Crippen LogP contribution is -2.29. The highest BCUT2D eigenvalue weighted by Gasteiger charge is 2.36. The average Bonchev–Trinajstić information content (AvgIpc) is 2.64. The highest BCUT2D eigenvalue weighted by molar-refractivity contribution is 5.84. The molecular weight excluding hydrogens is 243 g/mol. The Hall–Kier alpha value is -1.64. The van der Waals surface area contributed by atoms with Gasteiger partial charge in [-0.2, -0.15) is 13.2 Å². The third kappa shape index (κ3) is 4.02. The Kier molecular flexibility index (Phi) is 4.05. The number of carboxylic acid groups (broad SMARTS) is 1. The van der Waals surface area contributed by atoms with Gasteiger partial charge in [-0.1, -0.05) is 5.21 Å². The van der Waals surface area contributed by atoms with Crippen LogP contribution in [0.15, 0.2) is 6.20 Å². The van der Waals surface area contributed by atoms with Crippen LogP contribution in [0, 0.1) is 0 Å². The van der Waals surface area contributed by atoms with Crippen LogP contribution in [0.1, 0.15) is 17.4 Å². The lowest BCUT2D eigenvalue weighted by Gasteiger charge is -2.15. The molecule has 1 atom stereocenters. The number of carboxylic acids is 1. The molecule has 0 spiro atoms. The number of carbonyl (C=O) groups is 1. The second kappa shape index (κ2) is 5.13. The topological polar surface area (TPSA) is 77.2 Å². The van der Waals surface area contributed by atoms with Gasteiger partial charge in [0.1, 0.15) is 0 Å². The number of aromatic nitrogens is 3. The van der Waals surface area contributed by atoms with Crippen LogP contribution in [0.2, 0.25) is 0 Å². The molecule has 0 aliphatic carbocycles. The standard InChI is InChI=1S/C8H10F3N3O3/c1-5(8(9,10)11)17-3-2-14-4-6(7(15)16)12-13-14/h4-5H,2-3H2,1H3,(H,15,16). The summed E-state index contributed by atoms with van der Waals surface area (Å²) in [7, 11) is 0. The Morgan fingerprint density at radius 1 is 1.65 bits per heavy atom. The van der Waals surface area contributed by atoms with Gasteiger partial charge in [0.25, 0.3) is 0 Å². The molecule has 0 aromatic carbocycles. The predicted molar refractivity (Wildman–Crippen MR) is 48.5 cm³/mol. The van der Waals surface area contributed by atoms with E-state index in [0.717, 1.165) is 17.8 Å². The van der Waals surface area contributed by atoms with Crippen LogP contribution in [-0.2, 0) is 11.3 Å². The molecule has 0 amide bonds. The fourth-order valence-electron chi connectivity index (χ4n) is 0.923. The summed E-state index contributed by atoms with van der Waals surface area (Å²) in [5.74, 6) is -1.25. The maximum atomic E-state index is 12.0. The first-order valence-electron chi connectivity index (χ1n) is 4.62. The van der Waals surface area contributed by atoms with Crippen molar-refractivity contribution in [2.24, 2.45) is 0 Å². The molecule has 0 fully saturated rings. The Morgan fingerprint density at radius 3 is 2.76 bits per heavy atom. The van der Waals surface area contributed by atoms with E-state index < -0.39 is 18.2 Å². The first-order chi connectivity index (χ1) is 7.80. The van der Waals surface area contributed by atoms with Crippen molar-refractivity contribution in [3.63, 3.8) is 0 Å². The molecule has 1 rings (SSSR count). The summed E-state index contributed by atoms with van der Waals surface area (Å²) in [4.78, 5) is 10.4. The van der Waals surface area contributed by atoms with E-state index in [2.05, 4.69) is 15.0 Å². The second-order valence-corrected chi connectivity index (χ2v) is 3.23. The zero-order valence-electron chi connectivity index (χ0n) is 8.81. The number of ether oxygens (including phenoxy) is 1. The zero-order valence-corrected chi connectivity index (χ0v) is 8.81. The number of nitrogens with zero attached hydrogens (tertiary/aromatic N) is 3. The molecule has 1 aromatic rings. The summed E-state index contributed by atoms with van der Waals surface area (Å²) < 4.78 is 41.8. The van der Waals surface area contributed by atoms with Gasteiger partial charge < -0.3 is 9.84 Å². The molecule has 9 heteroatoms. The van der Waals surface area contributed by atoms with Gasteiger partial charge in [-0.3, -0.25) is 0 Å². The summed E-state index contributed by atoms with van der Waals surface area (Å²) in [6, 6.07) is 0. The number of hydrogen-bond donors (Lipinski definition) is 1. The van der Waals surface area contributed by atoms with E-state index in [0.29, 0.717) is 0 Å². The van der Waals surface area contributed by atoms with Crippen molar-refractivity contribution in [1.82, 2.24) is 15.0 Å². The van der Waals surface area contributed by atoms with E-state index in [4.69, 9.17) is 5.11 Å². The van der Waals surface area contributed by atoms with Crippen molar-refractivity contribution in [2.75, 3.05) is 6.61 Å². The fraction of sp³-hybridized carbons (Fsp3) is 0.625. The zero-order chi connectivity index (χ0) is 13.1. The van der Waals surface area contributed by atoms with E-state index in [1.807, 2.05) is 0 Å². The summed E-state index contributed by atoms with van der Waals surface area (Å²) in [5.41, 5.74) is -0.270. The smallest absolute Gasteiger partial charge is 0.414 e. The Bertz CT molecular complexity index is 391. The van der Waals surface area contributed by atoms with Crippen LogP contribution in [0.4, 0.5) is 13.2 Å². The normalized spacial score (nSPS) is 13.6. The van der Waals surface area contributed by atoms with Crippen molar-refractivity contribution in [2.45, 2.75) is 25.7 Å². The van der Waals surface area contributed by atoms with Crippen LogP contribution in [0.25, 0.3) is 0 Å². The minimum absolute atomic E-state index is 0.000694. The van der Waals surface area contributed by atoms with E-state index in [-0.39, 0.29) is 18.8 Å². The van der Waals surface area contributed by atoms with Gasteiger partial charge in [0.2, 0.25) is 0 Å². The summed E-state index contributed by atoms with van der Waals surface area (Å²) in [6.45, 7) is 0.661. The lowest BCUT2D eigenvalue weighted by atomic mass is 10.4. The molecule has 17 heavy (non-hydrogen) atoms. The first-order valence-corrected chi connectivity index (χ1v) is 4.62. The van der Waals surface area contributed by atoms with E-state index >= 15 is 0 Å². The number of hydrogen-bond acceptors (Lipinski definition) is 4. The van der Waals surface area contributed by atoms with E-state index in [9.17, 15) is 18.0 Å². The van der Waals surface area contributed by atoms with E-state index in [1.165, 1.54) is 0 Å². The Morgan fingerprint density at radius 2 is 2.29 bits per heavy atom. The first kappa shape index (κ1) is 13.4. The van der Waals surface area contributed by atoms with Crippen LogP contribution in [-0.4, -0.2) is 45.0 Å². The molecule has 1 aromatic heterocycles. The quantitative estimate of drug-likeness (QED) is 0.845. The van der Waals surface area contributed by atoms with Gasteiger partial charge in [-0.25, -0.2) is 9.48 Å². The second-order valence-electron chi connectivity index (χ2n) is 3.23. The number of aromatic carboxylic acids is 1. The van der Waals surface area contributed by atoms with Gasteiger partial charge in [0.05, 0.1) is 19.3 Å². The fourth-order valence-corrected chi connectivity index (χ4v) is 0.923. The summed E-state index contributed by atoms with van der Waals surface area (Å²) in [6.07, 6.45) is -5.16. The van der Waals surface area contributed by atoms with Gasteiger partial charge in [0, 0.05) is 0 Å². The molecule has 6 nitrogen and oxygen atoms in total. The number of rotatable bonds is 5. The molecule has 0 saturated heterocycles. The van der Waals surface area contributed by atoms with Gasteiger partial charge in [-0.05, 0) is 6.92 Å². The summed E-state index contributed by atoms with van der Waals surface area (Å²) in [5, 5.41) is 15.2. The SMILES string of the molecule is CC(OCCn1cc(C(=O)O)nn1)C(F)(F)F. The lowest BCUT2D eigenvalue weighted by molar-refractivity contribution is -0.214. The molecule has 0 bridgehead atoms. The predicted octanol–water partition coefficient (Wildman–Crippen LogP) is 0.944. The van der Waals surface area contributed by atoms with E-state index in [1.54, 1.807) is 0 Å². The highest BCUT2D eigenvalue weighted by Crippen LogP contribution is 2.22. The van der Waals surface area contributed by atoms with Crippen molar-refractivity contribution < 1.29 is 27.8 Å². The van der Waals surface area contributed by atoms with Gasteiger partial charge in [-0.15, -0.1) is 5.10 Å². The molecule has 0 radical (unpaired) electrons. The highest BCUT2D eigenvalue weighted by atomic mass is 19.4. The van der Waals surface area contributed by atoms with Gasteiger partial charge in [0.15, 0.2) is 11.8 Å². The minimum Gasteiger partial charge on any atom is -0.476 e. The third-order valence-electron chi connectivity index (χ3n) is 1.91. The van der Waals surface area contributed by atoms with Crippen molar-refractivity contribution in [1.29, 1.82) is 0 Å². The van der Waals surface area contributed by atoms with Crippen molar-refractivity contribution in [3.8, 4) is 0 Å². The van der Waals surface area contributed by atoms with Crippen LogP contribution in [0.3, 0.4) is 0 Å².